The predicted molar refractivity (Wildman–Crippen MR) is 96.8 cm³/mol. The van der Waals surface area contributed by atoms with Gasteiger partial charge in [0.05, 0.1) is 12.6 Å². The number of nitrogens with one attached hydrogen (secondary N) is 2. The fraction of sp³-hybridized carbons (Fsp3) is 0.688. The first-order valence-electron chi connectivity index (χ1n) is 8.36. The summed E-state index contributed by atoms with van der Waals surface area (Å²) in [5.74, 6) is 0.700. The zero-order valence-corrected chi connectivity index (χ0v) is 15.8. The lowest BCUT2D eigenvalue weighted by Gasteiger charge is -2.50. The number of carbonyl (C=O) groups excluding carboxylic acids is 2. The average molecular weight is 367 g/mol. The van der Waals surface area contributed by atoms with Crippen molar-refractivity contribution in [2.75, 3.05) is 18.8 Å². The molecule has 138 valence electrons. The smallest absolute Gasteiger partial charge is 0.355 e. The highest BCUT2D eigenvalue weighted by Crippen LogP contribution is 2.40. The first-order chi connectivity index (χ1) is 11.7. The van der Waals surface area contributed by atoms with Gasteiger partial charge in [0.25, 0.3) is 5.91 Å². The summed E-state index contributed by atoms with van der Waals surface area (Å²) in [5, 5.41) is 6.17. The number of ether oxygens (including phenoxy) is 1. The van der Waals surface area contributed by atoms with Crippen LogP contribution in [-0.4, -0.2) is 64.6 Å². The van der Waals surface area contributed by atoms with Crippen molar-refractivity contribution in [2.45, 2.75) is 50.8 Å². The molecule has 3 atom stereocenters. The summed E-state index contributed by atoms with van der Waals surface area (Å²) < 4.78 is 5.48. The fourth-order valence-corrected chi connectivity index (χ4v) is 4.24. The number of nitrogens with two attached hydrogens (primary N) is 1. The van der Waals surface area contributed by atoms with Gasteiger partial charge in [-0.05, 0) is 33.3 Å². The maximum atomic E-state index is 12.7. The number of nitrogens with zero attached hydrogens (tertiary/aromatic N) is 2. The maximum Gasteiger partial charge on any atom is 0.355 e. The first kappa shape index (κ1) is 18.1. The Hall–Kier alpha value is -1.74. The highest BCUT2D eigenvalue weighted by Gasteiger charge is 2.54. The molecule has 1 fully saturated rings. The van der Waals surface area contributed by atoms with Crippen LogP contribution in [0.3, 0.4) is 0 Å². The van der Waals surface area contributed by atoms with Crippen LogP contribution in [0.5, 0.6) is 0 Å². The van der Waals surface area contributed by atoms with Gasteiger partial charge in [0.2, 0.25) is 0 Å². The van der Waals surface area contributed by atoms with E-state index >= 15 is 0 Å². The van der Waals surface area contributed by atoms with Gasteiger partial charge < -0.3 is 21.1 Å². The molecule has 3 aliphatic rings. The molecule has 0 aromatic heterocycles. The van der Waals surface area contributed by atoms with Gasteiger partial charge in [0.15, 0.2) is 5.96 Å². The van der Waals surface area contributed by atoms with Crippen LogP contribution in [0.25, 0.3) is 0 Å². The van der Waals surface area contributed by atoms with Crippen molar-refractivity contribution in [3.8, 4) is 0 Å². The highest BCUT2D eigenvalue weighted by atomic mass is 32.2. The molecule has 0 saturated carbocycles. The molecule has 0 aromatic rings. The van der Waals surface area contributed by atoms with E-state index in [1.54, 1.807) is 16.7 Å². The molecule has 0 spiro atoms. The summed E-state index contributed by atoms with van der Waals surface area (Å²) in [6.45, 7) is 8.40. The Morgan fingerprint density at radius 1 is 1.52 bits per heavy atom. The zero-order valence-electron chi connectivity index (χ0n) is 15.0. The number of hydrogen-bond acceptors (Lipinski definition) is 8. The molecule has 9 heteroatoms. The van der Waals surface area contributed by atoms with Crippen LogP contribution in [0.1, 0.15) is 27.7 Å². The molecular weight excluding hydrogens is 342 g/mol. The summed E-state index contributed by atoms with van der Waals surface area (Å²) in [6.07, 6.45) is 0. The summed E-state index contributed by atoms with van der Waals surface area (Å²) >= 11 is 1.63. The van der Waals surface area contributed by atoms with Crippen LogP contribution in [0.15, 0.2) is 16.3 Å². The van der Waals surface area contributed by atoms with Gasteiger partial charge in [-0.3, -0.25) is 14.7 Å². The van der Waals surface area contributed by atoms with Crippen LogP contribution >= 0.6 is 11.8 Å². The highest BCUT2D eigenvalue weighted by molar-refractivity contribution is 8.00. The van der Waals surface area contributed by atoms with Gasteiger partial charge in [-0.2, -0.15) is 0 Å². The average Bonchev–Trinajstić information content (AvgIpc) is 2.98. The Bertz CT molecular complexity index is 655. The number of hydrogen-bond donors (Lipinski definition) is 3. The molecule has 1 saturated heterocycles. The van der Waals surface area contributed by atoms with Crippen molar-refractivity contribution in [3.05, 3.63) is 11.3 Å². The van der Waals surface area contributed by atoms with Gasteiger partial charge in [0, 0.05) is 12.3 Å². The number of carbonyl (C=O) groups is 2. The van der Waals surface area contributed by atoms with Crippen molar-refractivity contribution < 1.29 is 14.3 Å². The number of aliphatic imine (C=N–C) groups is 1. The third-order valence-electron chi connectivity index (χ3n) is 4.14. The summed E-state index contributed by atoms with van der Waals surface area (Å²) in [5.41, 5.74) is 6.26. The maximum absolute atomic E-state index is 12.7. The minimum atomic E-state index is -0.601. The molecule has 0 aromatic carbocycles. The summed E-state index contributed by atoms with van der Waals surface area (Å²) in [4.78, 5) is 31.1. The quantitative estimate of drug-likeness (QED) is 0.467. The standard InChI is InChI=1S/C16H25N5O3S/c1-8-7-25-13-10(20-15-18-6-9(5-17)19-15)12(22)21(13)11(8)14(23)24-16(2,3)4/h9-10,13H,5-7,17H2,1-4H3,(H2,18,19,20)/t9?,10?,13-/m1/s1. The van der Waals surface area contributed by atoms with Crippen LogP contribution in [0.2, 0.25) is 0 Å². The molecule has 0 bridgehead atoms. The van der Waals surface area contributed by atoms with Gasteiger partial charge in [0.1, 0.15) is 22.7 Å². The van der Waals surface area contributed by atoms with E-state index in [1.165, 1.54) is 0 Å². The molecule has 25 heavy (non-hydrogen) atoms. The Labute approximate surface area is 151 Å². The van der Waals surface area contributed by atoms with E-state index in [0.29, 0.717) is 30.5 Å². The van der Waals surface area contributed by atoms with Crippen molar-refractivity contribution in [2.24, 2.45) is 10.7 Å². The zero-order chi connectivity index (χ0) is 18.4. The molecular formula is C16H25N5O3S. The topological polar surface area (TPSA) is 109 Å². The van der Waals surface area contributed by atoms with E-state index in [1.807, 2.05) is 27.7 Å². The second kappa shape index (κ2) is 6.53. The van der Waals surface area contributed by atoms with E-state index < -0.39 is 17.6 Å². The first-order valence-corrected chi connectivity index (χ1v) is 9.41. The Kier molecular flexibility index (Phi) is 4.72. The lowest BCUT2D eigenvalue weighted by molar-refractivity contribution is -0.158. The van der Waals surface area contributed by atoms with E-state index in [9.17, 15) is 9.59 Å². The van der Waals surface area contributed by atoms with E-state index in [4.69, 9.17) is 10.5 Å². The fourth-order valence-electron chi connectivity index (χ4n) is 2.94. The SMILES string of the molecule is CC1=C(C(=O)OC(C)(C)C)N2C(=O)C(NC3=NCC(CN)N3)[C@H]2SC1. The monoisotopic (exact) mass is 367 g/mol. The van der Waals surface area contributed by atoms with Gasteiger partial charge in [-0.25, -0.2) is 4.79 Å². The molecule has 1 amide bonds. The van der Waals surface area contributed by atoms with E-state index in [2.05, 4.69) is 15.6 Å². The molecule has 0 aliphatic carbocycles. The second-order valence-electron chi connectivity index (χ2n) is 7.43. The van der Waals surface area contributed by atoms with Crippen LogP contribution in [0, 0.1) is 0 Å². The second-order valence-corrected chi connectivity index (χ2v) is 8.53. The molecule has 8 nitrogen and oxygen atoms in total. The normalized spacial score (nSPS) is 28.8. The van der Waals surface area contributed by atoms with Crippen molar-refractivity contribution >= 4 is 29.6 Å². The molecule has 3 rings (SSSR count). The number of rotatable bonds is 3. The third-order valence-corrected chi connectivity index (χ3v) is 5.56. The lowest BCUT2D eigenvalue weighted by Crippen LogP contribution is -2.71. The van der Waals surface area contributed by atoms with Crippen molar-refractivity contribution in [1.82, 2.24) is 15.5 Å². The Morgan fingerprint density at radius 3 is 2.84 bits per heavy atom. The van der Waals surface area contributed by atoms with Crippen LogP contribution < -0.4 is 16.4 Å². The minimum Gasteiger partial charge on any atom is -0.455 e. The Morgan fingerprint density at radius 2 is 2.24 bits per heavy atom. The minimum absolute atomic E-state index is 0.104. The number of fused-ring (bicyclic) bond motifs is 1. The van der Waals surface area contributed by atoms with E-state index in [-0.39, 0.29) is 17.3 Å². The predicted octanol–water partition coefficient (Wildman–Crippen LogP) is -0.238. The number of β-lactam (4-membered cyclic amide) rings is 1. The van der Waals surface area contributed by atoms with Crippen molar-refractivity contribution in [1.29, 1.82) is 0 Å². The van der Waals surface area contributed by atoms with Gasteiger partial charge >= 0.3 is 5.97 Å². The third kappa shape index (κ3) is 3.48. The molecule has 3 heterocycles. The van der Waals surface area contributed by atoms with Crippen LogP contribution in [0.4, 0.5) is 0 Å². The summed E-state index contributed by atoms with van der Waals surface area (Å²) in [6, 6.07) is -0.300. The Balaban J connectivity index is 1.70. The van der Waals surface area contributed by atoms with E-state index in [0.717, 1.165) is 5.57 Å². The van der Waals surface area contributed by atoms with Crippen LogP contribution in [-0.2, 0) is 14.3 Å². The molecule has 3 aliphatic heterocycles. The van der Waals surface area contributed by atoms with Gasteiger partial charge in [-0.15, -0.1) is 11.8 Å². The molecule has 2 unspecified atom stereocenters. The summed E-state index contributed by atoms with van der Waals surface area (Å²) in [7, 11) is 0. The number of guanidine groups is 1. The molecule has 0 radical (unpaired) electrons. The number of esters is 1. The van der Waals surface area contributed by atoms with Gasteiger partial charge in [-0.1, -0.05) is 0 Å². The lowest BCUT2D eigenvalue weighted by atomic mass is 10.0. The molecule has 4 N–H and O–H groups in total. The number of thioether (sulfide) groups is 1. The number of amides is 1. The largest absolute Gasteiger partial charge is 0.455 e. The van der Waals surface area contributed by atoms with Crippen molar-refractivity contribution in [3.63, 3.8) is 0 Å².